The van der Waals surface area contributed by atoms with E-state index in [2.05, 4.69) is 23.3 Å². The van der Waals surface area contributed by atoms with Crippen molar-refractivity contribution in [2.24, 2.45) is 0 Å². The van der Waals surface area contributed by atoms with E-state index in [1.54, 1.807) is 6.08 Å². The largest absolute Gasteiger partial charge is 0.396 e. The zero-order valence-electron chi connectivity index (χ0n) is 11.9. The molecule has 0 unspecified atom stereocenters. The van der Waals surface area contributed by atoms with Crippen molar-refractivity contribution in [3.63, 3.8) is 0 Å². The van der Waals surface area contributed by atoms with Gasteiger partial charge in [-0.25, -0.2) is 0 Å². The van der Waals surface area contributed by atoms with Crippen molar-refractivity contribution in [2.45, 2.75) is 38.1 Å². The molecule has 21 heavy (non-hydrogen) atoms. The standard InChI is InChI=1S/C15H20N4OS/c1-2-8-18-14(20)13-12(17)11(9-16)15(21-13)19-10-6-4-3-5-7-10/h2,10,19H,1,3-8,17H2,(H,18,20). The van der Waals surface area contributed by atoms with Gasteiger partial charge in [0.1, 0.15) is 21.5 Å². The summed E-state index contributed by atoms with van der Waals surface area (Å²) in [7, 11) is 0. The van der Waals surface area contributed by atoms with Gasteiger partial charge in [0.25, 0.3) is 5.91 Å². The normalized spacial score (nSPS) is 15.2. The molecule has 1 aliphatic rings. The molecule has 6 heteroatoms. The number of hydrogen-bond donors (Lipinski definition) is 3. The predicted molar refractivity (Wildman–Crippen MR) is 86.5 cm³/mol. The van der Waals surface area contributed by atoms with Gasteiger partial charge in [0, 0.05) is 12.6 Å². The molecular formula is C15H20N4OS. The lowest BCUT2D eigenvalue weighted by molar-refractivity contribution is 0.0963. The Balaban J connectivity index is 2.19. The summed E-state index contributed by atoms with van der Waals surface area (Å²) in [6.07, 6.45) is 7.47. The average molecular weight is 304 g/mol. The second-order valence-electron chi connectivity index (χ2n) is 5.14. The lowest BCUT2D eigenvalue weighted by atomic mass is 9.95. The van der Waals surface area contributed by atoms with Crippen LogP contribution in [0.2, 0.25) is 0 Å². The molecule has 2 rings (SSSR count). The second-order valence-corrected chi connectivity index (χ2v) is 6.16. The number of nitrogens with zero attached hydrogens (tertiary/aromatic N) is 1. The number of carbonyl (C=O) groups excluding carboxylic acids is 1. The Bertz CT molecular complexity index is 567. The molecule has 0 atom stereocenters. The molecule has 1 aromatic rings. The summed E-state index contributed by atoms with van der Waals surface area (Å²) < 4.78 is 0. The summed E-state index contributed by atoms with van der Waals surface area (Å²) in [5.74, 6) is -0.259. The van der Waals surface area contributed by atoms with E-state index in [1.165, 1.54) is 30.6 Å². The van der Waals surface area contributed by atoms with Crippen molar-refractivity contribution in [1.29, 1.82) is 5.26 Å². The van der Waals surface area contributed by atoms with Gasteiger partial charge in [-0.15, -0.1) is 17.9 Å². The van der Waals surface area contributed by atoms with Gasteiger partial charge < -0.3 is 16.4 Å². The van der Waals surface area contributed by atoms with Gasteiger partial charge in [-0.05, 0) is 12.8 Å². The van der Waals surface area contributed by atoms with Crippen LogP contribution in [-0.2, 0) is 0 Å². The van der Waals surface area contributed by atoms with Crippen LogP contribution in [-0.4, -0.2) is 18.5 Å². The second kappa shape index (κ2) is 7.14. The smallest absolute Gasteiger partial charge is 0.263 e. The summed E-state index contributed by atoms with van der Waals surface area (Å²) >= 11 is 1.26. The van der Waals surface area contributed by atoms with Crippen molar-refractivity contribution in [1.82, 2.24) is 5.32 Å². The molecular weight excluding hydrogens is 284 g/mol. The molecule has 0 saturated heterocycles. The van der Waals surface area contributed by atoms with Gasteiger partial charge in [0.05, 0.1) is 5.69 Å². The van der Waals surface area contributed by atoms with Crippen LogP contribution < -0.4 is 16.4 Å². The third-order valence-electron chi connectivity index (χ3n) is 3.61. The minimum absolute atomic E-state index is 0.259. The lowest BCUT2D eigenvalue weighted by Gasteiger charge is -2.23. The van der Waals surface area contributed by atoms with Gasteiger partial charge in [0.15, 0.2) is 0 Å². The monoisotopic (exact) mass is 304 g/mol. The molecule has 4 N–H and O–H groups in total. The summed E-state index contributed by atoms with van der Waals surface area (Å²) in [6, 6.07) is 2.48. The Labute approximate surface area is 128 Å². The third kappa shape index (κ3) is 3.56. The Kier molecular flexibility index (Phi) is 5.23. The van der Waals surface area contributed by atoms with Gasteiger partial charge in [0.2, 0.25) is 0 Å². The van der Waals surface area contributed by atoms with E-state index in [-0.39, 0.29) is 11.6 Å². The molecule has 0 bridgehead atoms. The highest BCUT2D eigenvalue weighted by Crippen LogP contribution is 2.36. The fourth-order valence-electron chi connectivity index (χ4n) is 2.50. The third-order valence-corrected chi connectivity index (χ3v) is 4.75. The van der Waals surface area contributed by atoms with Crippen molar-refractivity contribution in [3.05, 3.63) is 23.1 Å². The van der Waals surface area contributed by atoms with Gasteiger partial charge in [-0.2, -0.15) is 5.26 Å². The first kappa shape index (κ1) is 15.4. The molecule has 1 saturated carbocycles. The van der Waals surface area contributed by atoms with Gasteiger partial charge in [-0.1, -0.05) is 25.3 Å². The first-order valence-electron chi connectivity index (χ1n) is 7.15. The summed E-state index contributed by atoms with van der Waals surface area (Å²) in [6.45, 7) is 3.94. The highest BCUT2D eigenvalue weighted by Gasteiger charge is 2.23. The van der Waals surface area contributed by atoms with E-state index in [0.29, 0.717) is 28.0 Å². The van der Waals surface area contributed by atoms with Crippen molar-refractivity contribution in [2.75, 3.05) is 17.6 Å². The number of carbonyl (C=O) groups is 1. The number of nitrogens with two attached hydrogens (primary N) is 1. The first-order chi connectivity index (χ1) is 10.2. The van der Waals surface area contributed by atoms with E-state index >= 15 is 0 Å². The van der Waals surface area contributed by atoms with E-state index < -0.39 is 0 Å². The minimum atomic E-state index is -0.259. The van der Waals surface area contributed by atoms with E-state index in [0.717, 1.165) is 12.8 Å². The van der Waals surface area contributed by atoms with Crippen molar-refractivity contribution in [3.8, 4) is 6.07 Å². The molecule has 1 aliphatic carbocycles. The van der Waals surface area contributed by atoms with Crippen LogP contribution in [0.15, 0.2) is 12.7 Å². The Hall–Kier alpha value is -2.00. The number of anilines is 2. The van der Waals surface area contributed by atoms with Gasteiger partial charge in [-0.3, -0.25) is 4.79 Å². The molecule has 112 valence electrons. The first-order valence-corrected chi connectivity index (χ1v) is 7.97. The van der Waals surface area contributed by atoms with E-state index in [4.69, 9.17) is 5.73 Å². The number of thiophene rings is 1. The fourth-order valence-corrected chi connectivity index (χ4v) is 3.57. The maximum absolute atomic E-state index is 12.0. The van der Waals surface area contributed by atoms with Crippen LogP contribution in [0.25, 0.3) is 0 Å². The molecule has 1 fully saturated rings. The predicted octanol–water partition coefficient (Wildman–Crippen LogP) is 2.86. The molecule has 1 heterocycles. The van der Waals surface area contributed by atoms with Crippen LogP contribution >= 0.6 is 11.3 Å². The molecule has 0 radical (unpaired) electrons. The average Bonchev–Trinajstić information content (AvgIpc) is 2.81. The van der Waals surface area contributed by atoms with Crippen molar-refractivity contribution >= 4 is 27.9 Å². The molecule has 0 aliphatic heterocycles. The molecule has 0 aromatic carbocycles. The number of nitrogen functional groups attached to an aromatic ring is 1. The molecule has 5 nitrogen and oxygen atoms in total. The maximum Gasteiger partial charge on any atom is 0.263 e. The summed E-state index contributed by atoms with van der Waals surface area (Å²) in [5, 5.41) is 16.1. The highest BCUT2D eigenvalue weighted by molar-refractivity contribution is 7.19. The van der Waals surface area contributed by atoms with Crippen LogP contribution in [0.3, 0.4) is 0 Å². The maximum atomic E-state index is 12.0. The SMILES string of the molecule is C=CCNC(=O)c1sc(NC2CCCCC2)c(C#N)c1N. The van der Waals surface area contributed by atoms with Crippen molar-refractivity contribution < 1.29 is 4.79 Å². The number of hydrogen-bond acceptors (Lipinski definition) is 5. The molecule has 1 amide bonds. The fraction of sp³-hybridized carbons (Fsp3) is 0.467. The van der Waals surface area contributed by atoms with Crippen LogP contribution in [0, 0.1) is 11.3 Å². The molecule has 0 spiro atoms. The Morgan fingerprint density at radius 2 is 2.19 bits per heavy atom. The number of nitrogens with one attached hydrogen (secondary N) is 2. The van der Waals surface area contributed by atoms with Crippen LogP contribution in [0.1, 0.15) is 47.3 Å². The highest BCUT2D eigenvalue weighted by atomic mass is 32.1. The number of nitriles is 1. The van der Waals surface area contributed by atoms with Crippen LogP contribution in [0.5, 0.6) is 0 Å². The van der Waals surface area contributed by atoms with E-state index in [1.807, 2.05) is 0 Å². The molecule has 1 aromatic heterocycles. The van der Waals surface area contributed by atoms with Crippen LogP contribution in [0.4, 0.5) is 10.7 Å². The Morgan fingerprint density at radius 3 is 2.81 bits per heavy atom. The quantitative estimate of drug-likeness (QED) is 0.729. The minimum Gasteiger partial charge on any atom is -0.396 e. The summed E-state index contributed by atoms with van der Waals surface area (Å²) in [5.41, 5.74) is 6.60. The zero-order chi connectivity index (χ0) is 15.2. The Morgan fingerprint density at radius 1 is 1.48 bits per heavy atom. The topological polar surface area (TPSA) is 90.9 Å². The van der Waals surface area contributed by atoms with Gasteiger partial charge >= 0.3 is 0 Å². The summed E-state index contributed by atoms with van der Waals surface area (Å²) in [4.78, 5) is 12.4. The number of rotatable bonds is 5. The number of amides is 1. The lowest BCUT2D eigenvalue weighted by Crippen LogP contribution is -2.23. The van der Waals surface area contributed by atoms with E-state index in [9.17, 15) is 10.1 Å². The zero-order valence-corrected chi connectivity index (χ0v) is 12.8.